The molecule has 2 aromatic rings. The largest absolute Gasteiger partial charge is 0.498 e. The predicted molar refractivity (Wildman–Crippen MR) is 100 cm³/mol. The lowest BCUT2D eigenvalue weighted by Gasteiger charge is -2.32. The monoisotopic (exact) mass is 377 g/mol. The van der Waals surface area contributed by atoms with Crippen molar-refractivity contribution in [2.45, 2.75) is 65.2 Å². The molecule has 2 aromatic heterocycles. The molecule has 1 atom stereocenters. The van der Waals surface area contributed by atoms with Crippen LogP contribution in [0.4, 0.5) is 8.78 Å². The lowest BCUT2D eigenvalue weighted by atomic mass is 9.82. The molecule has 0 N–H and O–H groups in total. The zero-order valence-corrected chi connectivity index (χ0v) is 16.6. The van der Waals surface area contributed by atoms with Crippen LogP contribution in [-0.4, -0.2) is 33.1 Å². The van der Waals surface area contributed by atoms with Gasteiger partial charge in [-0.1, -0.05) is 19.9 Å². The molecule has 0 aromatic carbocycles. The highest BCUT2D eigenvalue weighted by Crippen LogP contribution is 2.36. The van der Waals surface area contributed by atoms with Crippen LogP contribution >= 0.6 is 0 Å². The van der Waals surface area contributed by atoms with E-state index in [1.54, 1.807) is 12.3 Å². The lowest BCUT2D eigenvalue weighted by Crippen LogP contribution is -2.41. The maximum Gasteiger partial charge on any atom is 0.498 e. The molecule has 1 saturated heterocycles. The molecule has 0 spiro atoms. The Balaban J connectivity index is 1.86. The van der Waals surface area contributed by atoms with Gasteiger partial charge in [-0.2, -0.15) is 5.10 Å². The van der Waals surface area contributed by atoms with Crippen LogP contribution in [0.25, 0.3) is 0 Å². The molecular weight excluding hydrogens is 351 g/mol. The maximum absolute atomic E-state index is 12.8. The molecule has 3 heterocycles. The molecule has 0 aliphatic carbocycles. The zero-order valence-electron chi connectivity index (χ0n) is 16.6. The summed E-state index contributed by atoms with van der Waals surface area (Å²) in [6, 6.07) is 2.93. The first kappa shape index (κ1) is 20.0. The van der Waals surface area contributed by atoms with Crippen LogP contribution in [-0.2, 0) is 9.31 Å². The SMILES string of the molecule is CC(C)C(c1ccc(C(F)F)nc1)n1cc(B2OC(C)(C)C(C)(C)O2)cn1. The van der Waals surface area contributed by atoms with Gasteiger partial charge in [0.15, 0.2) is 0 Å². The molecule has 3 rings (SSSR count). The summed E-state index contributed by atoms with van der Waals surface area (Å²) in [5, 5.41) is 4.49. The van der Waals surface area contributed by atoms with Crippen molar-refractivity contribution in [3.8, 4) is 0 Å². The van der Waals surface area contributed by atoms with E-state index in [0.29, 0.717) is 0 Å². The van der Waals surface area contributed by atoms with Crippen molar-refractivity contribution in [2.24, 2.45) is 5.92 Å². The van der Waals surface area contributed by atoms with Gasteiger partial charge >= 0.3 is 7.12 Å². The fraction of sp³-hybridized carbons (Fsp3) is 0.579. The van der Waals surface area contributed by atoms with Crippen molar-refractivity contribution >= 4 is 12.6 Å². The summed E-state index contributed by atoms with van der Waals surface area (Å²) in [7, 11) is -0.490. The van der Waals surface area contributed by atoms with E-state index in [-0.39, 0.29) is 17.7 Å². The molecule has 1 fully saturated rings. The number of hydrogen-bond donors (Lipinski definition) is 0. The average molecular weight is 377 g/mol. The quantitative estimate of drug-likeness (QED) is 0.745. The van der Waals surface area contributed by atoms with Gasteiger partial charge in [0, 0.05) is 24.1 Å². The van der Waals surface area contributed by atoms with Crippen LogP contribution in [0.15, 0.2) is 30.7 Å². The zero-order chi connectivity index (χ0) is 20.0. The Morgan fingerprint density at radius 2 is 1.67 bits per heavy atom. The van der Waals surface area contributed by atoms with Crippen molar-refractivity contribution < 1.29 is 18.1 Å². The summed E-state index contributed by atoms with van der Waals surface area (Å²) in [6.45, 7) is 12.1. The Hall–Kier alpha value is -1.80. The third-order valence-electron chi connectivity index (χ3n) is 5.44. The number of rotatable bonds is 5. The van der Waals surface area contributed by atoms with Gasteiger partial charge < -0.3 is 9.31 Å². The molecule has 27 heavy (non-hydrogen) atoms. The smallest absolute Gasteiger partial charge is 0.399 e. The summed E-state index contributed by atoms with van der Waals surface area (Å²) >= 11 is 0. The maximum atomic E-state index is 12.8. The highest BCUT2D eigenvalue weighted by Gasteiger charge is 2.52. The summed E-state index contributed by atoms with van der Waals surface area (Å²) in [5.74, 6) is 0.190. The molecule has 5 nitrogen and oxygen atoms in total. The normalized spacial score (nSPS) is 19.9. The molecule has 1 unspecified atom stereocenters. The Bertz CT molecular complexity index is 775. The molecule has 0 amide bonds. The first-order valence-electron chi connectivity index (χ1n) is 9.15. The number of alkyl halides is 2. The van der Waals surface area contributed by atoms with Crippen molar-refractivity contribution in [1.29, 1.82) is 0 Å². The van der Waals surface area contributed by atoms with Crippen LogP contribution in [0, 0.1) is 5.92 Å². The van der Waals surface area contributed by atoms with Crippen LogP contribution in [0.5, 0.6) is 0 Å². The second kappa shape index (κ2) is 6.98. The van der Waals surface area contributed by atoms with Crippen LogP contribution in [0.3, 0.4) is 0 Å². The number of halogens is 2. The molecule has 1 aliphatic heterocycles. The highest BCUT2D eigenvalue weighted by atomic mass is 19.3. The van der Waals surface area contributed by atoms with E-state index in [4.69, 9.17) is 9.31 Å². The number of pyridine rings is 1. The predicted octanol–water partition coefficient (Wildman–Crippen LogP) is 3.76. The van der Waals surface area contributed by atoms with Crippen LogP contribution in [0.2, 0.25) is 0 Å². The minimum Gasteiger partial charge on any atom is -0.399 e. The van der Waals surface area contributed by atoms with Crippen molar-refractivity contribution in [3.63, 3.8) is 0 Å². The second-order valence-corrected chi connectivity index (χ2v) is 8.35. The lowest BCUT2D eigenvalue weighted by molar-refractivity contribution is 0.00578. The molecule has 0 bridgehead atoms. The Labute approximate surface area is 159 Å². The minimum atomic E-state index is -2.57. The van der Waals surface area contributed by atoms with Crippen molar-refractivity contribution in [1.82, 2.24) is 14.8 Å². The first-order valence-corrected chi connectivity index (χ1v) is 9.15. The number of hydrogen-bond acceptors (Lipinski definition) is 4. The Morgan fingerprint density at radius 1 is 1.04 bits per heavy atom. The summed E-state index contributed by atoms with van der Waals surface area (Å²) in [5.41, 5.74) is 0.590. The van der Waals surface area contributed by atoms with Gasteiger partial charge in [-0.25, -0.2) is 8.78 Å². The fourth-order valence-corrected chi connectivity index (χ4v) is 3.17. The minimum absolute atomic E-state index is 0.125. The summed E-state index contributed by atoms with van der Waals surface area (Å²) < 4.78 is 39.5. The highest BCUT2D eigenvalue weighted by molar-refractivity contribution is 6.62. The third kappa shape index (κ3) is 3.78. The topological polar surface area (TPSA) is 49.2 Å². The molecule has 0 saturated carbocycles. The van der Waals surface area contributed by atoms with E-state index in [1.807, 2.05) is 38.6 Å². The second-order valence-electron chi connectivity index (χ2n) is 8.35. The molecule has 0 radical (unpaired) electrons. The third-order valence-corrected chi connectivity index (χ3v) is 5.44. The Kier molecular flexibility index (Phi) is 5.16. The van der Waals surface area contributed by atoms with Gasteiger partial charge in [-0.3, -0.25) is 9.67 Å². The van der Waals surface area contributed by atoms with Gasteiger partial charge in [0.2, 0.25) is 0 Å². The van der Waals surface area contributed by atoms with Gasteiger partial charge in [0.25, 0.3) is 6.43 Å². The average Bonchev–Trinajstić information content (AvgIpc) is 3.11. The fourth-order valence-electron chi connectivity index (χ4n) is 3.17. The van der Waals surface area contributed by atoms with Crippen LogP contribution in [0.1, 0.15) is 65.3 Å². The standard InChI is InChI=1S/C19H26BF2N3O2/c1-12(2)16(13-7-8-15(17(21)22)23-9-13)25-11-14(10-24-25)20-26-18(3,4)19(5,6)27-20/h7-12,16-17H,1-6H3. The van der Waals surface area contributed by atoms with Crippen molar-refractivity contribution in [3.05, 3.63) is 42.0 Å². The summed E-state index contributed by atoms with van der Waals surface area (Å²) in [4.78, 5) is 3.89. The molecule has 8 heteroatoms. The summed E-state index contributed by atoms with van der Waals surface area (Å²) in [6.07, 6.45) is 2.56. The van der Waals surface area contributed by atoms with Crippen molar-refractivity contribution in [2.75, 3.05) is 0 Å². The van der Waals surface area contributed by atoms with E-state index in [0.717, 1.165) is 11.0 Å². The molecule has 146 valence electrons. The van der Waals surface area contributed by atoms with Gasteiger partial charge in [-0.15, -0.1) is 0 Å². The van der Waals surface area contributed by atoms with E-state index < -0.39 is 24.7 Å². The Morgan fingerprint density at radius 3 is 2.15 bits per heavy atom. The molecular formula is C19H26BF2N3O2. The van der Waals surface area contributed by atoms with E-state index in [9.17, 15) is 8.78 Å². The van der Waals surface area contributed by atoms with E-state index in [1.165, 1.54) is 12.3 Å². The van der Waals surface area contributed by atoms with E-state index >= 15 is 0 Å². The van der Waals surface area contributed by atoms with Gasteiger partial charge in [-0.05, 0) is 45.2 Å². The van der Waals surface area contributed by atoms with Gasteiger partial charge in [0.1, 0.15) is 5.69 Å². The van der Waals surface area contributed by atoms with E-state index in [2.05, 4.69) is 23.9 Å². The number of aromatic nitrogens is 3. The number of nitrogens with zero attached hydrogens (tertiary/aromatic N) is 3. The first-order chi connectivity index (χ1) is 12.5. The molecule has 1 aliphatic rings. The van der Waals surface area contributed by atoms with Crippen LogP contribution < -0.4 is 5.46 Å². The van der Waals surface area contributed by atoms with Gasteiger partial charge in [0.05, 0.1) is 17.2 Å².